The Balaban J connectivity index is 1.24. The molecule has 0 unspecified atom stereocenters. The standard InChI is InChI=1S/C35H45NO15/c1-18(2)4-5-19-10-20(11-22-31(19)45-15-23-21-12-25-26(47-17-46-25)13-24(21)48-32(22)23)50-51-34-30(41)33(42-8-3-7-37)27(49-35(34)43-9-6-36)16-44-29(40)14-28(38)39/h10-13,18,23,27,30,32-35,37,41H,3-9,14-17,36H2,1-2H3,(H,38,39)/t23-,27+,30-,32+,33+,34-,35+/m0/s1. The van der Waals surface area contributed by atoms with Crippen LogP contribution in [0.1, 0.15) is 61.8 Å². The van der Waals surface area contributed by atoms with E-state index in [0.717, 1.165) is 28.9 Å². The van der Waals surface area contributed by atoms with Crippen molar-refractivity contribution in [1.82, 2.24) is 0 Å². The van der Waals surface area contributed by atoms with E-state index in [9.17, 15) is 19.8 Å². The number of carboxylic acid groups (broad SMARTS) is 1. The molecule has 0 aliphatic carbocycles. The first-order valence-electron chi connectivity index (χ1n) is 17.1. The summed E-state index contributed by atoms with van der Waals surface area (Å²) in [5, 5.41) is 29.8. The maximum absolute atomic E-state index is 12.0. The van der Waals surface area contributed by atoms with E-state index in [1.54, 1.807) is 6.07 Å². The van der Waals surface area contributed by atoms with Crippen LogP contribution in [0.15, 0.2) is 24.3 Å². The summed E-state index contributed by atoms with van der Waals surface area (Å²) in [5.41, 5.74) is 8.31. The maximum Gasteiger partial charge on any atom is 0.317 e. The average molecular weight is 720 g/mol. The van der Waals surface area contributed by atoms with Gasteiger partial charge in [0.25, 0.3) is 0 Å². The molecule has 0 bridgehead atoms. The van der Waals surface area contributed by atoms with Gasteiger partial charge in [0.2, 0.25) is 6.79 Å². The van der Waals surface area contributed by atoms with Gasteiger partial charge in [0.15, 0.2) is 29.6 Å². The third kappa shape index (κ3) is 8.43. The molecule has 4 aliphatic heterocycles. The zero-order chi connectivity index (χ0) is 36.1. The summed E-state index contributed by atoms with van der Waals surface area (Å²) in [4.78, 5) is 34.8. The van der Waals surface area contributed by atoms with Crippen LogP contribution < -0.4 is 29.6 Å². The molecule has 0 saturated carbocycles. The highest BCUT2D eigenvalue weighted by Crippen LogP contribution is 2.55. The van der Waals surface area contributed by atoms with Crippen molar-refractivity contribution < 1.29 is 72.6 Å². The predicted octanol–water partition coefficient (Wildman–Crippen LogP) is 2.14. The highest BCUT2D eigenvalue weighted by molar-refractivity contribution is 5.90. The van der Waals surface area contributed by atoms with Gasteiger partial charge >= 0.3 is 11.9 Å². The lowest BCUT2D eigenvalue weighted by Crippen LogP contribution is -2.61. The average Bonchev–Trinajstić information content (AvgIpc) is 3.71. The summed E-state index contributed by atoms with van der Waals surface area (Å²) in [6, 6.07) is 7.38. The van der Waals surface area contributed by atoms with Gasteiger partial charge in [-0.3, -0.25) is 9.59 Å². The minimum atomic E-state index is -1.45. The summed E-state index contributed by atoms with van der Waals surface area (Å²) in [7, 11) is 0. The minimum absolute atomic E-state index is 0.0226. The molecule has 0 amide bonds. The molecule has 1 saturated heterocycles. The number of carboxylic acids is 1. The molecule has 7 atom stereocenters. The van der Waals surface area contributed by atoms with E-state index in [4.69, 9.17) is 58.5 Å². The molecule has 0 spiro atoms. The van der Waals surface area contributed by atoms with Gasteiger partial charge in [-0.15, -0.1) is 0 Å². The van der Waals surface area contributed by atoms with E-state index in [1.807, 2.05) is 18.2 Å². The lowest BCUT2D eigenvalue weighted by molar-refractivity contribution is -0.375. The molecule has 280 valence electrons. The van der Waals surface area contributed by atoms with Gasteiger partial charge in [0, 0.05) is 37.0 Å². The second-order valence-electron chi connectivity index (χ2n) is 13.1. The molecule has 16 nitrogen and oxygen atoms in total. The molecule has 1 fully saturated rings. The van der Waals surface area contributed by atoms with Crippen molar-refractivity contribution in [2.45, 2.75) is 82.3 Å². The van der Waals surface area contributed by atoms with Crippen LogP contribution in [0, 0.1) is 5.92 Å². The van der Waals surface area contributed by atoms with Gasteiger partial charge in [-0.2, -0.15) is 4.89 Å². The number of hydrogen-bond acceptors (Lipinski definition) is 15. The number of fused-ring (bicyclic) bond motifs is 6. The summed E-state index contributed by atoms with van der Waals surface area (Å²) in [5.74, 6) is 0.957. The molecule has 16 heteroatoms. The molecular formula is C35H45NO15. The van der Waals surface area contributed by atoms with Crippen LogP contribution in [0.4, 0.5) is 0 Å². The second-order valence-corrected chi connectivity index (χ2v) is 13.1. The molecule has 2 aromatic carbocycles. The zero-order valence-corrected chi connectivity index (χ0v) is 28.5. The fourth-order valence-corrected chi connectivity index (χ4v) is 6.49. The van der Waals surface area contributed by atoms with Crippen LogP contribution in [0.5, 0.6) is 28.7 Å². The highest BCUT2D eigenvalue weighted by atomic mass is 17.2. The van der Waals surface area contributed by atoms with Crippen molar-refractivity contribution in [2.75, 3.05) is 46.4 Å². The topological polar surface area (TPSA) is 213 Å². The SMILES string of the molecule is CC(C)CCc1cc(OO[C@@H]2[C@H](OCCN)O[C@H](COC(=O)CC(=O)O)[C@@H](OCCCO)[C@@H]2O)cc2c1OC[C@H]1c3cc4c(cc3O[C@H]21)OCO4. The Morgan fingerprint density at radius 3 is 2.55 bits per heavy atom. The van der Waals surface area contributed by atoms with Crippen molar-refractivity contribution in [1.29, 1.82) is 0 Å². The number of rotatable bonds is 17. The molecule has 6 rings (SSSR count). The quantitative estimate of drug-likeness (QED) is 0.0606. The van der Waals surface area contributed by atoms with Crippen molar-refractivity contribution in [3.8, 4) is 28.7 Å². The van der Waals surface area contributed by atoms with Gasteiger partial charge in [-0.1, -0.05) is 13.8 Å². The molecule has 4 aliphatic rings. The first kappa shape index (κ1) is 36.9. The number of carbonyl (C=O) groups excluding carboxylic acids is 1. The first-order valence-corrected chi connectivity index (χ1v) is 17.1. The van der Waals surface area contributed by atoms with Gasteiger partial charge in [-0.25, -0.2) is 0 Å². The Hall–Kier alpha value is -3.90. The summed E-state index contributed by atoms with van der Waals surface area (Å²) < 4.78 is 46.8. The van der Waals surface area contributed by atoms with Crippen molar-refractivity contribution in [3.63, 3.8) is 0 Å². The predicted molar refractivity (Wildman–Crippen MR) is 174 cm³/mol. The maximum atomic E-state index is 12.0. The molecular weight excluding hydrogens is 674 g/mol. The Labute approximate surface area is 294 Å². The number of benzene rings is 2. The van der Waals surface area contributed by atoms with Crippen LogP contribution in [0.2, 0.25) is 0 Å². The molecule has 5 N–H and O–H groups in total. The van der Waals surface area contributed by atoms with Gasteiger partial charge in [-0.05, 0) is 48.9 Å². The van der Waals surface area contributed by atoms with Crippen LogP contribution in [0.25, 0.3) is 0 Å². The fraction of sp³-hybridized carbons (Fsp3) is 0.600. The monoisotopic (exact) mass is 719 g/mol. The molecule has 0 radical (unpaired) electrons. The van der Waals surface area contributed by atoms with E-state index < -0.39 is 55.7 Å². The van der Waals surface area contributed by atoms with Crippen LogP contribution >= 0.6 is 0 Å². The van der Waals surface area contributed by atoms with Crippen LogP contribution in [0.3, 0.4) is 0 Å². The van der Waals surface area contributed by atoms with E-state index in [1.165, 1.54) is 0 Å². The summed E-state index contributed by atoms with van der Waals surface area (Å²) in [6.07, 6.45) is -5.63. The Kier molecular flexibility index (Phi) is 12.0. The second kappa shape index (κ2) is 16.6. The largest absolute Gasteiger partial charge is 0.492 e. The number of aryl methyl sites for hydroxylation is 1. The van der Waals surface area contributed by atoms with Gasteiger partial charge < -0.3 is 63.8 Å². The number of ether oxygens (including phenoxy) is 8. The number of aliphatic carboxylic acids is 1. The normalized spacial score (nSPS) is 25.7. The van der Waals surface area contributed by atoms with Crippen molar-refractivity contribution >= 4 is 11.9 Å². The fourth-order valence-electron chi connectivity index (χ4n) is 6.49. The lowest BCUT2D eigenvalue weighted by Gasteiger charge is -2.42. The minimum Gasteiger partial charge on any atom is -0.492 e. The molecule has 51 heavy (non-hydrogen) atoms. The number of carbonyl (C=O) groups is 2. The molecule has 2 aromatic rings. The van der Waals surface area contributed by atoms with Gasteiger partial charge in [0.1, 0.15) is 48.9 Å². The molecule has 4 heterocycles. The van der Waals surface area contributed by atoms with E-state index in [2.05, 4.69) is 13.8 Å². The van der Waals surface area contributed by atoms with E-state index in [-0.39, 0.29) is 51.6 Å². The van der Waals surface area contributed by atoms with E-state index >= 15 is 0 Å². The first-order chi connectivity index (χ1) is 24.7. The lowest BCUT2D eigenvalue weighted by atomic mass is 9.87. The summed E-state index contributed by atoms with van der Waals surface area (Å²) in [6.45, 7) is 4.39. The third-order valence-electron chi connectivity index (χ3n) is 8.99. The number of aliphatic hydroxyl groups excluding tert-OH is 2. The van der Waals surface area contributed by atoms with Crippen molar-refractivity contribution in [2.24, 2.45) is 11.7 Å². The Bertz CT molecular complexity index is 1540. The third-order valence-corrected chi connectivity index (χ3v) is 8.99. The van der Waals surface area contributed by atoms with Crippen LogP contribution in [-0.2, 0) is 39.8 Å². The Morgan fingerprint density at radius 1 is 1.00 bits per heavy atom. The zero-order valence-electron chi connectivity index (χ0n) is 28.5. The van der Waals surface area contributed by atoms with Gasteiger partial charge in [0.05, 0.1) is 19.1 Å². The summed E-state index contributed by atoms with van der Waals surface area (Å²) >= 11 is 0. The number of nitrogens with two attached hydrogens (primary N) is 1. The van der Waals surface area contributed by atoms with Crippen molar-refractivity contribution in [3.05, 3.63) is 41.0 Å². The number of aliphatic hydroxyl groups is 2. The number of esters is 1. The Morgan fingerprint density at radius 2 is 1.80 bits per heavy atom. The highest BCUT2D eigenvalue weighted by Gasteiger charge is 2.49. The smallest absolute Gasteiger partial charge is 0.317 e. The van der Waals surface area contributed by atoms with E-state index in [0.29, 0.717) is 41.9 Å². The van der Waals surface area contributed by atoms with Crippen LogP contribution in [-0.4, -0.2) is 104 Å². The molecule has 0 aromatic heterocycles. The number of hydrogen-bond donors (Lipinski definition) is 4.